The second-order valence-electron chi connectivity index (χ2n) is 6.90. The van der Waals surface area contributed by atoms with E-state index in [0.717, 1.165) is 6.42 Å². The lowest BCUT2D eigenvalue weighted by Gasteiger charge is -2.34. The largest absolute Gasteiger partial charge is 0.481 e. The summed E-state index contributed by atoms with van der Waals surface area (Å²) in [7, 11) is 0. The van der Waals surface area contributed by atoms with E-state index < -0.39 is 17.9 Å². The lowest BCUT2D eigenvalue weighted by Crippen LogP contribution is -2.48. The first-order chi connectivity index (χ1) is 12.9. The van der Waals surface area contributed by atoms with Gasteiger partial charge < -0.3 is 15.3 Å². The fraction of sp³-hybridized carbons (Fsp3) is 0.550. The third-order valence-electron chi connectivity index (χ3n) is 5.16. The zero-order chi connectivity index (χ0) is 20.0. The highest BCUT2D eigenvalue weighted by molar-refractivity contribution is 5.98. The van der Waals surface area contributed by atoms with E-state index in [0.29, 0.717) is 43.9 Å². The van der Waals surface area contributed by atoms with Crippen LogP contribution in [0.4, 0.5) is 5.69 Å². The van der Waals surface area contributed by atoms with Gasteiger partial charge in [-0.05, 0) is 58.4 Å². The fourth-order valence-corrected chi connectivity index (χ4v) is 3.40. The SMILES string of the molecule is CCN(CC)C(=O)c1cccc(NC(=O)C(C)N2CCCC(C(=O)O)C2)c1. The van der Waals surface area contributed by atoms with Crippen molar-refractivity contribution >= 4 is 23.5 Å². The Balaban J connectivity index is 2.04. The quantitative estimate of drug-likeness (QED) is 0.763. The molecule has 0 aromatic heterocycles. The van der Waals surface area contributed by atoms with Gasteiger partial charge >= 0.3 is 5.97 Å². The van der Waals surface area contributed by atoms with Gasteiger partial charge in [0.25, 0.3) is 5.91 Å². The van der Waals surface area contributed by atoms with Gasteiger partial charge in [-0.15, -0.1) is 0 Å². The van der Waals surface area contributed by atoms with Gasteiger partial charge in [-0.1, -0.05) is 6.07 Å². The first kappa shape index (κ1) is 20.9. The summed E-state index contributed by atoms with van der Waals surface area (Å²) in [5.74, 6) is -1.50. The van der Waals surface area contributed by atoms with Gasteiger partial charge in [0.2, 0.25) is 5.91 Å². The Bertz CT molecular complexity index is 688. The molecule has 1 heterocycles. The molecule has 1 aromatic carbocycles. The summed E-state index contributed by atoms with van der Waals surface area (Å²) < 4.78 is 0. The second-order valence-corrected chi connectivity index (χ2v) is 6.90. The third kappa shape index (κ3) is 5.29. The van der Waals surface area contributed by atoms with Crippen molar-refractivity contribution in [2.45, 2.75) is 39.7 Å². The lowest BCUT2D eigenvalue weighted by atomic mass is 9.97. The van der Waals surface area contributed by atoms with Gasteiger partial charge in [0, 0.05) is 30.9 Å². The number of aliphatic carboxylic acids is 1. The normalized spacial score (nSPS) is 18.6. The number of carbonyl (C=O) groups is 3. The summed E-state index contributed by atoms with van der Waals surface area (Å²) in [5.41, 5.74) is 1.10. The number of hydrogen-bond acceptors (Lipinski definition) is 4. The van der Waals surface area contributed by atoms with Gasteiger partial charge in [-0.25, -0.2) is 0 Å². The molecule has 7 heteroatoms. The molecule has 0 bridgehead atoms. The van der Waals surface area contributed by atoms with E-state index in [4.69, 9.17) is 0 Å². The van der Waals surface area contributed by atoms with Crippen LogP contribution in [0.1, 0.15) is 44.0 Å². The maximum atomic E-state index is 12.6. The monoisotopic (exact) mass is 375 g/mol. The maximum absolute atomic E-state index is 12.6. The smallest absolute Gasteiger partial charge is 0.307 e. The minimum absolute atomic E-state index is 0.0653. The highest BCUT2D eigenvalue weighted by Gasteiger charge is 2.30. The summed E-state index contributed by atoms with van der Waals surface area (Å²) in [4.78, 5) is 40.0. The summed E-state index contributed by atoms with van der Waals surface area (Å²) in [6, 6.07) is 6.48. The molecule has 148 valence electrons. The minimum Gasteiger partial charge on any atom is -0.481 e. The van der Waals surface area contributed by atoms with E-state index >= 15 is 0 Å². The molecule has 1 saturated heterocycles. The van der Waals surface area contributed by atoms with Crippen LogP contribution in [0, 0.1) is 5.92 Å². The van der Waals surface area contributed by atoms with E-state index in [1.165, 1.54) is 0 Å². The Hall–Kier alpha value is -2.41. The van der Waals surface area contributed by atoms with Crippen molar-refractivity contribution < 1.29 is 19.5 Å². The number of nitrogens with zero attached hydrogens (tertiary/aromatic N) is 2. The van der Waals surface area contributed by atoms with Crippen molar-refractivity contribution in [3.63, 3.8) is 0 Å². The highest BCUT2D eigenvalue weighted by Crippen LogP contribution is 2.20. The average molecular weight is 375 g/mol. The van der Waals surface area contributed by atoms with Crippen LogP contribution in [0.2, 0.25) is 0 Å². The maximum Gasteiger partial charge on any atom is 0.307 e. The summed E-state index contributed by atoms with van der Waals surface area (Å²) >= 11 is 0. The summed E-state index contributed by atoms with van der Waals surface area (Å²) in [5, 5.41) is 12.1. The Morgan fingerprint density at radius 3 is 2.63 bits per heavy atom. The Morgan fingerprint density at radius 2 is 2.00 bits per heavy atom. The first-order valence-corrected chi connectivity index (χ1v) is 9.54. The van der Waals surface area contributed by atoms with Crippen LogP contribution < -0.4 is 5.32 Å². The van der Waals surface area contributed by atoms with E-state index in [-0.39, 0.29) is 11.8 Å². The standard InChI is InChI=1S/C20H29N3O4/c1-4-22(5-2)19(25)15-8-6-10-17(12-15)21-18(24)14(3)23-11-7-9-16(13-23)20(26)27/h6,8,10,12,14,16H,4-5,7,9,11,13H2,1-3H3,(H,21,24)(H,26,27). The Labute approximate surface area is 160 Å². The number of rotatable bonds is 7. The number of hydrogen-bond donors (Lipinski definition) is 2. The molecule has 2 atom stereocenters. The van der Waals surface area contributed by atoms with Crippen molar-refractivity contribution in [3.05, 3.63) is 29.8 Å². The van der Waals surface area contributed by atoms with Gasteiger partial charge in [-0.3, -0.25) is 19.3 Å². The minimum atomic E-state index is -0.810. The Kier molecular flexibility index (Phi) is 7.36. The molecule has 0 aliphatic carbocycles. The predicted octanol–water partition coefficient (Wildman–Crippen LogP) is 2.29. The number of carboxylic acid groups (broad SMARTS) is 1. The number of anilines is 1. The second kappa shape index (κ2) is 9.50. The predicted molar refractivity (Wildman–Crippen MR) is 104 cm³/mol. The molecule has 27 heavy (non-hydrogen) atoms. The van der Waals surface area contributed by atoms with Gasteiger partial charge in [0.1, 0.15) is 0 Å². The number of piperidine rings is 1. The van der Waals surface area contributed by atoms with Gasteiger partial charge in [0.15, 0.2) is 0 Å². The molecule has 0 spiro atoms. The van der Waals surface area contributed by atoms with Crippen molar-refractivity contribution in [1.29, 1.82) is 0 Å². The van der Waals surface area contributed by atoms with E-state index in [1.54, 1.807) is 36.1 Å². The van der Waals surface area contributed by atoms with Crippen molar-refractivity contribution in [2.75, 3.05) is 31.5 Å². The van der Waals surface area contributed by atoms with E-state index in [9.17, 15) is 19.5 Å². The molecule has 1 aliphatic rings. The molecule has 7 nitrogen and oxygen atoms in total. The molecular formula is C20H29N3O4. The number of benzene rings is 1. The number of likely N-dealkylation sites (tertiary alicyclic amines) is 1. The fourth-order valence-electron chi connectivity index (χ4n) is 3.40. The van der Waals surface area contributed by atoms with Crippen LogP contribution >= 0.6 is 0 Å². The molecule has 1 fully saturated rings. The van der Waals surface area contributed by atoms with Crippen LogP contribution in [0.3, 0.4) is 0 Å². The summed E-state index contributed by atoms with van der Waals surface area (Å²) in [6.07, 6.45) is 1.41. The molecule has 2 N–H and O–H groups in total. The lowest BCUT2D eigenvalue weighted by molar-refractivity contribution is -0.144. The third-order valence-corrected chi connectivity index (χ3v) is 5.16. The van der Waals surface area contributed by atoms with Crippen LogP contribution in [-0.2, 0) is 9.59 Å². The summed E-state index contributed by atoms with van der Waals surface area (Å²) in [6.45, 7) is 7.98. The Morgan fingerprint density at radius 1 is 1.30 bits per heavy atom. The molecule has 2 amide bonds. The van der Waals surface area contributed by atoms with E-state index in [2.05, 4.69) is 5.32 Å². The molecule has 0 radical (unpaired) electrons. The van der Waals surface area contributed by atoms with Crippen LogP contribution in [0.15, 0.2) is 24.3 Å². The zero-order valence-corrected chi connectivity index (χ0v) is 16.3. The van der Waals surface area contributed by atoms with E-state index in [1.807, 2.05) is 18.7 Å². The van der Waals surface area contributed by atoms with Crippen LogP contribution in [0.5, 0.6) is 0 Å². The van der Waals surface area contributed by atoms with Gasteiger partial charge in [0.05, 0.1) is 12.0 Å². The topological polar surface area (TPSA) is 90.0 Å². The number of carbonyl (C=O) groups excluding carboxylic acids is 2. The average Bonchev–Trinajstić information content (AvgIpc) is 2.68. The number of amides is 2. The van der Waals surface area contributed by atoms with Crippen LogP contribution in [0.25, 0.3) is 0 Å². The van der Waals surface area contributed by atoms with Crippen LogP contribution in [-0.4, -0.2) is 64.9 Å². The van der Waals surface area contributed by atoms with Crippen molar-refractivity contribution in [3.8, 4) is 0 Å². The first-order valence-electron chi connectivity index (χ1n) is 9.54. The van der Waals surface area contributed by atoms with Crippen molar-refractivity contribution in [1.82, 2.24) is 9.80 Å². The highest BCUT2D eigenvalue weighted by atomic mass is 16.4. The molecule has 1 aromatic rings. The number of nitrogens with one attached hydrogen (secondary N) is 1. The number of carboxylic acids is 1. The molecule has 0 saturated carbocycles. The molecule has 1 aliphatic heterocycles. The zero-order valence-electron chi connectivity index (χ0n) is 16.3. The van der Waals surface area contributed by atoms with Crippen molar-refractivity contribution in [2.24, 2.45) is 5.92 Å². The molecule has 2 rings (SSSR count). The molecular weight excluding hydrogens is 346 g/mol. The van der Waals surface area contributed by atoms with Gasteiger partial charge in [-0.2, -0.15) is 0 Å². The molecule has 2 unspecified atom stereocenters.